The highest BCUT2D eigenvalue weighted by atomic mass is 16.6. The number of carbonyl (C=O) groups excluding carboxylic acids is 5. The van der Waals surface area contributed by atoms with Crippen LogP contribution in [0.3, 0.4) is 0 Å². The second-order valence-electron chi connectivity index (χ2n) is 12.8. The molecule has 6 N–H and O–H groups in total. The van der Waals surface area contributed by atoms with Gasteiger partial charge < -0.3 is 35.6 Å². The number of nitrogens with two attached hydrogens (primary N) is 1. The van der Waals surface area contributed by atoms with Crippen molar-refractivity contribution in [2.45, 2.75) is 37.7 Å². The van der Waals surface area contributed by atoms with Gasteiger partial charge in [-0.2, -0.15) is 4.90 Å². The highest BCUT2D eigenvalue weighted by Gasteiger charge is 2.64. The summed E-state index contributed by atoms with van der Waals surface area (Å²) in [4.78, 5) is 68.6. The third kappa shape index (κ3) is 5.87. The Morgan fingerprint density at radius 3 is 1.92 bits per heavy atom. The SMILES string of the molecule is CN(C)[C@@H]1C(=O)C(C(N)=O)=C(O)[C@@]2(O)C(=O)C3=C(O)c4c(ccc(N(C(=O)OCc5ccccc5)C(=O)OCc5ccccc5)c4O)C[C@H]3C[C@@H]12. The number of phenols is 1. The zero-order chi connectivity index (χ0) is 36.8. The molecule has 4 atom stereocenters. The number of hydrogen-bond acceptors (Lipinski definition) is 12. The highest BCUT2D eigenvalue weighted by Crippen LogP contribution is 2.53. The number of aliphatic hydroxyl groups is 3. The van der Waals surface area contributed by atoms with Crippen molar-refractivity contribution in [1.82, 2.24) is 4.90 Å². The number of fused-ring (bicyclic) bond motifs is 3. The number of ether oxygens (including phenoxy) is 2. The van der Waals surface area contributed by atoms with Gasteiger partial charge in [0, 0.05) is 11.5 Å². The van der Waals surface area contributed by atoms with E-state index in [-0.39, 0.29) is 37.2 Å². The van der Waals surface area contributed by atoms with Gasteiger partial charge in [0.1, 0.15) is 36.0 Å². The van der Waals surface area contributed by atoms with E-state index < -0.39 is 81.7 Å². The molecule has 0 saturated heterocycles. The molecular formula is C37H35N3O11. The van der Waals surface area contributed by atoms with Crippen LogP contribution in [-0.4, -0.2) is 80.7 Å². The number of rotatable bonds is 7. The van der Waals surface area contributed by atoms with Gasteiger partial charge in [-0.25, -0.2) is 9.59 Å². The van der Waals surface area contributed by atoms with Crippen LogP contribution >= 0.6 is 0 Å². The molecule has 0 heterocycles. The van der Waals surface area contributed by atoms with Gasteiger partial charge in [0.15, 0.2) is 17.1 Å². The molecule has 1 fully saturated rings. The molecule has 6 rings (SSSR count). The van der Waals surface area contributed by atoms with Crippen molar-refractivity contribution in [2.24, 2.45) is 17.6 Å². The van der Waals surface area contributed by atoms with Crippen molar-refractivity contribution in [1.29, 1.82) is 0 Å². The lowest BCUT2D eigenvalue weighted by atomic mass is 9.57. The molecule has 1 saturated carbocycles. The summed E-state index contributed by atoms with van der Waals surface area (Å²) in [5.74, 6) is -8.24. The predicted octanol–water partition coefficient (Wildman–Crippen LogP) is 3.44. The van der Waals surface area contributed by atoms with Gasteiger partial charge in [-0.05, 0) is 55.6 Å². The Kier molecular flexibility index (Phi) is 9.14. The molecule has 3 aromatic carbocycles. The van der Waals surface area contributed by atoms with Gasteiger partial charge in [-0.3, -0.25) is 19.3 Å². The third-order valence-corrected chi connectivity index (χ3v) is 9.59. The van der Waals surface area contributed by atoms with Gasteiger partial charge in [0.2, 0.25) is 5.78 Å². The summed E-state index contributed by atoms with van der Waals surface area (Å²) >= 11 is 0. The van der Waals surface area contributed by atoms with Crippen LogP contribution < -0.4 is 10.6 Å². The predicted molar refractivity (Wildman–Crippen MR) is 180 cm³/mol. The van der Waals surface area contributed by atoms with Crippen molar-refractivity contribution in [3.8, 4) is 5.75 Å². The summed E-state index contributed by atoms with van der Waals surface area (Å²) in [6, 6.07) is 18.7. The zero-order valence-electron chi connectivity index (χ0n) is 27.6. The number of benzene rings is 3. The summed E-state index contributed by atoms with van der Waals surface area (Å²) in [7, 11) is 3.02. The molecule has 0 bridgehead atoms. The van der Waals surface area contributed by atoms with E-state index in [0.717, 1.165) is 0 Å². The first kappa shape index (κ1) is 34.9. The van der Waals surface area contributed by atoms with Gasteiger partial charge in [0.25, 0.3) is 5.91 Å². The summed E-state index contributed by atoms with van der Waals surface area (Å²) in [6.07, 6.45) is -2.51. The molecule has 0 aliphatic heterocycles. The zero-order valence-corrected chi connectivity index (χ0v) is 27.6. The topological polar surface area (TPSA) is 217 Å². The van der Waals surface area contributed by atoms with E-state index in [2.05, 4.69) is 0 Å². The number of nitrogens with zero attached hydrogens (tertiary/aromatic N) is 2. The molecule has 264 valence electrons. The average molecular weight is 698 g/mol. The summed E-state index contributed by atoms with van der Waals surface area (Å²) in [5, 5.41) is 46.2. The van der Waals surface area contributed by atoms with Crippen LogP contribution in [0.4, 0.5) is 15.3 Å². The molecule has 14 nitrogen and oxygen atoms in total. The van der Waals surface area contributed by atoms with Gasteiger partial charge >= 0.3 is 12.2 Å². The molecule has 0 spiro atoms. The fourth-order valence-electron chi connectivity index (χ4n) is 7.23. The number of anilines is 1. The number of imide groups is 1. The van der Waals surface area contributed by atoms with Crippen LogP contribution in [-0.2, 0) is 43.5 Å². The van der Waals surface area contributed by atoms with Crippen molar-refractivity contribution >= 4 is 41.1 Å². The number of phenolic OH excluding ortho intramolecular Hbond substituents is 1. The van der Waals surface area contributed by atoms with E-state index >= 15 is 0 Å². The van der Waals surface area contributed by atoms with Crippen LogP contribution in [0.2, 0.25) is 0 Å². The number of ketones is 2. The molecule has 3 aliphatic rings. The molecule has 3 aromatic rings. The number of primary amides is 1. The minimum atomic E-state index is -2.83. The summed E-state index contributed by atoms with van der Waals surface area (Å²) in [6.45, 7) is -0.473. The van der Waals surface area contributed by atoms with Crippen LogP contribution in [0.25, 0.3) is 5.76 Å². The molecule has 3 amide bonds. The first-order valence-electron chi connectivity index (χ1n) is 16.0. The molecule has 0 unspecified atom stereocenters. The third-order valence-electron chi connectivity index (χ3n) is 9.59. The van der Waals surface area contributed by atoms with E-state index in [4.69, 9.17) is 15.2 Å². The van der Waals surface area contributed by atoms with Gasteiger partial charge in [0.05, 0.1) is 11.6 Å². The fraction of sp³-hybridized carbons (Fsp3) is 0.270. The van der Waals surface area contributed by atoms with Crippen LogP contribution in [0.5, 0.6) is 5.75 Å². The quantitative estimate of drug-likeness (QED) is 0.224. The second-order valence-corrected chi connectivity index (χ2v) is 12.8. The fourth-order valence-corrected chi connectivity index (χ4v) is 7.23. The maximum atomic E-state index is 14.2. The van der Waals surface area contributed by atoms with Crippen LogP contribution in [0.1, 0.15) is 28.7 Å². The maximum Gasteiger partial charge on any atom is 0.424 e. The minimum absolute atomic E-state index is 0.0132. The minimum Gasteiger partial charge on any atom is -0.508 e. The normalized spacial score (nSPS) is 22.5. The van der Waals surface area contributed by atoms with Crippen molar-refractivity contribution in [2.75, 3.05) is 19.0 Å². The summed E-state index contributed by atoms with van der Waals surface area (Å²) in [5.41, 5.74) is 2.02. The van der Waals surface area contributed by atoms with E-state index in [0.29, 0.717) is 21.6 Å². The van der Waals surface area contributed by atoms with Crippen molar-refractivity contribution in [3.63, 3.8) is 0 Å². The lowest BCUT2D eigenvalue weighted by molar-refractivity contribution is -0.153. The van der Waals surface area contributed by atoms with Gasteiger partial charge in [-0.15, -0.1) is 0 Å². The molecule has 0 radical (unpaired) electrons. The Morgan fingerprint density at radius 2 is 1.41 bits per heavy atom. The Bertz CT molecular complexity index is 1950. The first-order chi connectivity index (χ1) is 24.3. The largest absolute Gasteiger partial charge is 0.508 e. The first-order valence-corrected chi connectivity index (χ1v) is 16.0. The van der Waals surface area contributed by atoms with E-state index in [1.54, 1.807) is 60.7 Å². The smallest absolute Gasteiger partial charge is 0.424 e. The highest BCUT2D eigenvalue weighted by molar-refractivity contribution is 6.24. The number of hydrogen-bond donors (Lipinski definition) is 5. The van der Waals surface area contributed by atoms with E-state index in [1.165, 1.54) is 31.1 Å². The number of carbonyl (C=O) groups is 5. The lowest BCUT2D eigenvalue weighted by Crippen LogP contribution is -2.65. The molecular weight excluding hydrogens is 662 g/mol. The number of aromatic hydroxyl groups is 1. The molecule has 14 heteroatoms. The van der Waals surface area contributed by atoms with Crippen LogP contribution in [0, 0.1) is 11.8 Å². The Balaban J connectivity index is 1.42. The van der Waals surface area contributed by atoms with Crippen LogP contribution in [0.15, 0.2) is 89.7 Å². The second kappa shape index (κ2) is 13.4. The number of Topliss-reactive ketones (excluding diaryl/α,β-unsaturated/α-hetero) is 2. The number of aliphatic hydroxyl groups excluding tert-OH is 2. The van der Waals surface area contributed by atoms with E-state index in [1.807, 2.05) is 0 Å². The Hall–Kier alpha value is -5.99. The standard InChI is InChI=1S/C37H35N3O11/c1-39(2)28-23-16-22-15-21-13-14-24(29(41)25(21)30(42)26(22)32(44)37(23,49)33(45)27(31(28)43)34(38)46)40(35(47)50-17-19-9-5-3-6-10-19)36(48)51-18-20-11-7-4-8-12-20/h3-14,22-23,28,41-42,45,49H,15-18H2,1-2H3,(H2,38,46)/t22-,23-,28-,37-/m0/s1. The average Bonchev–Trinajstić information content (AvgIpc) is 3.09. The lowest BCUT2D eigenvalue weighted by Gasteiger charge is -2.50. The molecule has 0 aromatic heterocycles. The summed E-state index contributed by atoms with van der Waals surface area (Å²) < 4.78 is 10.8. The van der Waals surface area contributed by atoms with Crippen molar-refractivity contribution < 1.29 is 53.9 Å². The Morgan fingerprint density at radius 1 is 0.863 bits per heavy atom. The van der Waals surface area contributed by atoms with Gasteiger partial charge in [-0.1, -0.05) is 66.7 Å². The van der Waals surface area contributed by atoms with E-state index in [9.17, 15) is 44.4 Å². The monoisotopic (exact) mass is 697 g/mol. The van der Waals surface area contributed by atoms with Crippen molar-refractivity contribution in [3.05, 3.63) is 112 Å². The number of amides is 3. The molecule has 3 aliphatic carbocycles. The molecule has 51 heavy (non-hydrogen) atoms. The Labute approximate surface area is 291 Å². The number of likely N-dealkylation sites (N-methyl/N-ethyl adjacent to an activating group) is 1. The maximum absolute atomic E-state index is 14.2.